The first-order chi connectivity index (χ1) is 8.20. The number of nitrogens with zero attached hydrogens (tertiary/aromatic N) is 2. The highest BCUT2D eigenvalue weighted by atomic mass is 79.9. The van der Waals surface area contributed by atoms with E-state index in [1.54, 1.807) is 0 Å². The van der Waals surface area contributed by atoms with Gasteiger partial charge >= 0.3 is 0 Å². The van der Waals surface area contributed by atoms with E-state index in [2.05, 4.69) is 51.8 Å². The van der Waals surface area contributed by atoms with Gasteiger partial charge in [0.2, 0.25) is 0 Å². The molecule has 1 aliphatic rings. The zero-order chi connectivity index (χ0) is 12.3. The second-order valence-electron chi connectivity index (χ2n) is 5.54. The first kappa shape index (κ1) is 13.1. The van der Waals surface area contributed by atoms with E-state index in [1.807, 2.05) is 0 Å². The van der Waals surface area contributed by atoms with Crippen LogP contribution in [-0.2, 0) is 6.42 Å². The van der Waals surface area contributed by atoms with E-state index in [0.717, 1.165) is 23.6 Å². The van der Waals surface area contributed by atoms with Crippen molar-refractivity contribution < 1.29 is 0 Å². The summed E-state index contributed by atoms with van der Waals surface area (Å²) in [4.78, 5) is 0. The molecule has 2 nitrogen and oxygen atoms in total. The number of rotatable bonds is 5. The molecule has 1 heterocycles. The predicted octanol–water partition coefficient (Wildman–Crippen LogP) is 4.21. The third-order valence-corrected chi connectivity index (χ3v) is 4.76. The van der Waals surface area contributed by atoms with Gasteiger partial charge in [-0.2, -0.15) is 5.10 Å². The van der Waals surface area contributed by atoms with Gasteiger partial charge in [-0.1, -0.05) is 41.6 Å². The van der Waals surface area contributed by atoms with Crippen molar-refractivity contribution in [1.29, 1.82) is 0 Å². The van der Waals surface area contributed by atoms with Crippen LogP contribution in [0.4, 0.5) is 0 Å². The maximum absolute atomic E-state index is 4.66. The fraction of sp³-hybridized carbons (Fsp3) is 0.786. The lowest BCUT2D eigenvalue weighted by Crippen LogP contribution is -2.16. The Kier molecular flexibility index (Phi) is 4.66. The molecule has 1 fully saturated rings. The smallest absolute Gasteiger partial charge is 0.0627 e. The summed E-state index contributed by atoms with van der Waals surface area (Å²) >= 11 is 3.68. The topological polar surface area (TPSA) is 17.8 Å². The fourth-order valence-corrected chi connectivity index (χ4v) is 3.58. The Hall–Kier alpha value is -0.310. The predicted molar refractivity (Wildman–Crippen MR) is 75.6 cm³/mol. The third kappa shape index (κ3) is 3.34. The maximum Gasteiger partial charge on any atom is 0.0627 e. The van der Waals surface area contributed by atoms with Crippen LogP contribution in [0, 0.1) is 11.8 Å². The summed E-state index contributed by atoms with van der Waals surface area (Å²) in [6.45, 7) is 4.35. The van der Waals surface area contributed by atoms with Crippen LogP contribution in [-0.4, -0.2) is 15.1 Å². The van der Waals surface area contributed by atoms with Crippen molar-refractivity contribution in [2.24, 2.45) is 11.8 Å². The molecule has 1 saturated carbocycles. The summed E-state index contributed by atoms with van der Waals surface area (Å²) in [5.41, 5.74) is 1.26. The van der Waals surface area contributed by atoms with Gasteiger partial charge in [0.1, 0.15) is 0 Å². The van der Waals surface area contributed by atoms with Crippen molar-refractivity contribution >= 4 is 15.9 Å². The van der Waals surface area contributed by atoms with Crippen LogP contribution in [0.15, 0.2) is 12.3 Å². The standard InChI is InChI=1S/C14H23BrN2/c1-11(2)17-8-7-14(16-17)9-13(10-15)12-5-3-4-6-12/h7-8,11-13H,3-6,9-10H2,1-2H3. The second-order valence-corrected chi connectivity index (χ2v) is 6.19. The highest BCUT2D eigenvalue weighted by molar-refractivity contribution is 9.09. The minimum Gasteiger partial charge on any atom is -0.270 e. The molecule has 0 spiro atoms. The molecule has 0 aromatic carbocycles. The van der Waals surface area contributed by atoms with Crippen molar-refractivity contribution in [2.45, 2.75) is 52.0 Å². The summed E-state index contributed by atoms with van der Waals surface area (Å²) in [7, 11) is 0. The van der Waals surface area contributed by atoms with Crippen molar-refractivity contribution in [3.8, 4) is 0 Å². The molecule has 3 heteroatoms. The molecule has 0 radical (unpaired) electrons. The molecule has 1 aromatic rings. The lowest BCUT2D eigenvalue weighted by molar-refractivity contribution is 0.368. The Morgan fingerprint density at radius 2 is 2.12 bits per heavy atom. The molecule has 0 saturated heterocycles. The SMILES string of the molecule is CC(C)n1ccc(CC(CBr)C2CCCC2)n1. The van der Waals surface area contributed by atoms with Crippen LogP contribution in [0.25, 0.3) is 0 Å². The van der Waals surface area contributed by atoms with Gasteiger partial charge in [0, 0.05) is 17.6 Å². The number of hydrogen-bond donors (Lipinski definition) is 0. The lowest BCUT2D eigenvalue weighted by Gasteiger charge is -2.20. The molecular formula is C14H23BrN2. The molecule has 0 N–H and O–H groups in total. The molecule has 96 valence electrons. The molecule has 1 aliphatic carbocycles. The zero-order valence-corrected chi connectivity index (χ0v) is 12.5. The van der Waals surface area contributed by atoms with Crippen LogP contribution in [0.3, 0.4) is 0 Å². The average molecular weight is 299 g/mol. The molecule has 0 aliphatic heterocycles. The van der Waals surface area contributed by atoms with Gasteiger partial charge in [-0.25, -0.2) is 0 Å². The fourth-order valence-electron chi connectivity index (χ4n) is 2.82. The van der Waals surface area contributed by atoms with Gasteiger partial charge in [-0.15, -0.1) is 0 Å². The summed E-state index contributed by atoms with van der Waals surface area (Å²) in [5.74, 6) is 1.69. The first-order valence-electron chi connectivity index (χ1n) is 6.80. The lowest BCUT2D eigenvalue weighted by atomic mass is 9.89. The minimum atomic E-state index is 0.470. The van der Waals surface area contributed by atoms with Gasteiger partial charge in [0.15, 0.2) is 0 Å². The van der Waals surface area contributed by atoms with Gasteiger partial charge in [0.25, 0.3) is 0 Å². The van der Waals surface area contributed by atoms with E-state index in [0.29, 0.717) is 6.04 Å². The molecule has 1 unspecified atom stereocenters. The number of alkyl halides is 1. The summed E-state index contributed by atoms with van der Waals surface area (Å²) < 4.78 is 2.06. The zero-order valence-electron chi connectivity index (χ0n) is 10.9. The number of aromatic nitrogens is 2. The Labute approximate surface area is 113 Å². The van der Waals surface area contributed by atoms with Crippen molar-refractivity contribution in [3.63, 3.8) is 0 Å². The number of halogens is 1. The van der Waals surface area contributed by atoms with Crippen LogP contribution >= 0.6 is 15.9 Å². The Morgan fingerprint density at radius 3 is 2.65 bits per heavy atom. The summed E-state index contributed by atoms with van der Waals surface area (Å²) in [6, 6.07) is 2.66. The van der Waals surface area contributed by atoms with Crippen LogP contribution < -0.4 is 0 Å². The quantitative estimate of drug-likeness (QED) is 0.745. The molecule has 2 rings (SSSR count). The molecule has 0 bridgehead atoms. The van der Waals surface area contributed by atoms with E-state index in [1.165, 1.54) is 31.4 Å². The Balaban J connectivity index is 1.97. The van der Waals surface area contributed by atoms with Gasteiger partial charge in [-0.3, -0.25) is 4.68 Å². The van der Waals surface area contributed by atoms with E-state index in [4.69, 9.17) is 0 Å². The molecule has 1 aromatic heterocycles. The Morgan fingerprint density at radius 1 is 1.41 bits per heavy atom. The molecule has 17 heavy (non-hydrogen) atoms. The van der Waals surface area contributed by atoms with Crippen LogP contribution in [0.5, 0.6) is 0 Å². The van der Waals surface area contributed by atoms with Crippen molar-refractivity contribution in [2.75, 3.05) is 5.33 Å². The van der Waals surface area contributed by atoms with Crippen LogP contribution in [0.1, 0.15) is 51.3 Å². The van der Waals surface area contributed by atoms with Crippen LogP contribution in [0.2, 0.25) is 0 Å². The van der Waals surface area contributed by atoms with E-state index in [9.17, 15) is 0 Å². The molecule has 1 atom stereocenters. The van der Waals surface area contributed by atoms with E-state index >= 15 is 0 Å². The minimum absolute atomic E-state index is 0.470. The van der Waals surface area contributed by atoms with Gasteiger partial charge in [0.05, 0.1) is 5.69 Å². The number of hydrogen-bond acceptors (Lipinski definition) is 1. The second kappa shape index (κ2) is 6.03. The summed E-state index contributed by atoms with van der Waals surface area (Å²) in [6.07, 6.45) is 8.93. The summed E-state index contributed by atoms with van der Waals surface area (Å²) in [5, 5.41) is 5.78. The molecule has 0 amide bonds. The highest BCUT2D eigenvalue weighted by Gasteiger charge is 2.24. The third-order valence-electron chi connectivity index (χ3n) is 3.93. The van der Waals surface area contributed by atoms with Gasteiger partial charge in [-0.05, 0) is 38.2 Å². The first-order valence-corrected chi connectivity index (χ1v) is 7.93. The van der Waals surface area contributed by atoms with Gasteiger partial charge < -0.3 is 0 Å². The maximum atomic E-state index is 4.66. The van der Waals surface area contributed by atoms with E-state index < -0.39 is 0 Å². The monoisotopic (exact) mass is 298 g/mol. The van der Waals surface area contributed by atoms with Crippen molar-refractivity contribution in [3.05, 3.63) is 18.0 Å². The molecular weight excluding hydrogens is 276 g/mol. The largest absolute Gasteiger partial charge is 0.270 e. The van der Waals surface area contributed by atoms with Crippen molar-refractivity contribution in [1.82, 2.24) is 9.78 Å². The normalized spacial score (nSPS) is 19.1. The van der Waals surface area contributed by atoms with E-state index in [-0.39, 0.29) is 0 Å². The average Bonchev–Trinajstić information content (AvgIpc) is 2.96. The Bertz CT molecular complexity index is 340. The highest BCUT2D eigenvalue weighted by Crippen LogP contribution is 2.34.